The van der Waals surface area contributed by atoms with E-state index in [1.165, 1.54) is 0 Å². The molecule has 0 saturated carbocycles. The Hall–Kier alpha value is -4.32. The van der Waals surface area contributed by atoms with Gasteiger partial charge in [-0.2, -0.15) is 0 Å². The molecule has 12 N–H and O–H groups in total. The van der Waals surface area contributed by atoms with E-state index >= 15 is 0 Å². The average Bonchev–Trinajstić information content (AvgIpc) is 3.44. The minimum absolute atomic E-state index is 0.000131. The predicted molar refractivity (Wildman–Crippen MR) is 142 cm³/mol. The number of hydrogen-bond donors (Lipinski definition) is 10. The molecule has 0 aliphatic carbocycles. The van der Waals surface area contributed by atoms with Crippen molar-refractivity contribution in [1.82, 2.24) is 26.6 Å². The van der Waals surface area contributed by atoms with Crippen LogP contribution >= 0.6 is 0 Å². The molecule has 0 aromatic carbocycles. The second-order valence-electron chi connectivity index (χ2n) is 9.72. The molecule has 0 bridgehead atoms. The topological polar surface area (TPSA) is 309 Å². The van der Waals surface area contributed by atoms with E-state index in [1.807, 2.05) is 0 Å². The highest BCUT2D eigenvalue weighted by Gasteiger charge is 2.34. The summed E-state index contributed by atoms with van der Waals surface area (Å²) < 4.78 is 0. The van der Waals surface area contributed by atoms with Crippen molar-refractivity contribution in [3.05, 3.63) is 0 Å². The SMILES string of the molecule is NCCCC[C@H](NC(=O)[C@H](CC(N)=O)NC(=O)[C@H](CCC(=O)O)NC(=O)[C@H](CC(=O)O)NC(=O)[C@@H]1CCCN1)C(=O)O. The van der Waals surface area contributed by atoms with E-state index in [9.17, 15) is 48.6 Å². The van der Waals surface area contributed by atoms with Crippen LogP contribution in [0.25, 0.3) is 0 Å². The molecule has 0 unspecified atom stereocenters. The zero-order chi connectivity index (χ0) is 31.8. The second kappa shape index (κ2) is 18.2. The van der Waals surface area contributed by atoms with E-state index in [4.69, 9.17) is 16.6 Å². The number of nitrogens with one attached hydrogen (secondary N) is 5. The highest BCUT2D eigenvalue weighted by Crippen LogP contribution is 2.08. The number of amides is 5. The van der Waals surface area contributed by atoms with E-state index in [-0.39, 0.29) is 6.42 Å². The van der Waals surface area contributed by atoms with Gasteiger partial charge in [0.05, 0.1) is 18.9 Å². The van der Waals surface area contributed by atoms with Crippen molar-refractivity contribution < 1.29 is 53.7 Å². The zero-order valence-corrected chi connectivity index (χ0v) is 22.9. The number of hydrogen-bond acceptors (Lipinski definition) is 10. The van der Waals surface area contributed by atoms with E-state index in [0.717, 1.165) is 0 Å². The molecule has 236 valence electrons. The molecule has 0 aromatic rings. The highest BCUT2D eigenvalue weighted by molar-refractivity contribution is 5.97. The van der Waals surface area contributed by atoms with E-state index < -0.39 is 103 Å². The first-order valence-corrected chi connectivity index (χ1v) is 13.3. The number of carboxylic acids is 3. The van der Waals surface area contributed by atoms with Crippen molar-refractivity contribution in [3.8, 4) is 0 Å². The molecule has 0 spiro atoms. The fourth-order valence-corrected chi connectivity index (χ4v) is 4.08. The molecule has 18 nitrogen and oxygen atoms in total. The molecular weight excluding hydrogens is 562 g/mol. The standard InChI is InChI=1S/C24H39N7O11/c25-8-2-1-4-14(24(41)42)29-22(39)15(10-17(26)32)30-21(38)13(6-7-18(33)34)28-23(40)16(11-19(35)36)31-20(37)12-5-3-9-27-12/h12-16,27H,1-11,25H2,(H2,26,32)(H,28,40)(H,29,39)(H,30,38)(H,31,37)(H,33,34)(H,35,36)(H,41,42)/t12-,13-,14-,15-,16-/m0/s1. The molecule has 1 rings (SSSR count). The van der Waals surface area contributed by atoms with Crippen LogP contribution in [0.3, 0.4) is 0 Å². The fourth-order valence-electron chi connectivity index (χ4n) is 4.08. The number of rotatable bonds is 20. The number of nitrogens with two attached hydrogens (primary N) is 2. The number of carboxylic acid groups (broad SMARTS) is 3. The van der Waals surface area contributed by atoms with E-state index in [1.54, 1.807) is 0 Å². The fraction of sp³-hybridized carbons (Fsp3) is 0.667. The Morgan fingerprint density at radius 1 is 0.738 bits per heavy atom. The molecule has 18 heteroatoms. The normalized spacial score (nSPS) is 17.1. The van der Waals surface area contributed by atoms with Crippen LogP contribution in [0.4, 0.5) is 0 Å². The first-order chi connectivity index (χ1) is 19.7. The summed E-state index contributed by atoms with van der Waals surface area (Å²) in [6, 6.07) is -7.02. The molecule has 0 aromatic heterocycles. The molecule has 1 aliphatic heterocycles. The smallest absolute Gasteiger partial charge is 0.326 e. The van der Waals surface area contributed by atoms with Gasteiger partial charge in [0.25, 0.3) is 0 Å². The third-order valence-corrected chi connectivity index (χ3v) is 6.27. The Kier molecular flexibility index (Phi) is 15.5. The Morgan fingerprint density at radius 3 is 1.81 bits per heavy atom. The van der Waals surface area contributed by atoms with Crippen LogP contribution in [-0.2, 0) is 38.4 Å². The molecular formula is C24H39N7O11. The van der Waals surface area contributed by atoms with Crippen molar-refractivity contribution in [2.45, 2.75) is 88.0 Å². The van der Waals surface area contributed by atoms with Gasteiger partial charge in [-0.15, -0.1) is 0 Å². The quantitative estimate of drug-likeness (QED) is 0.0597. The van der Waals surface area contributed by atoms with E-state index in [0.29, 0.717) is 38.8 Å². The Balaban J connectivity index is 3.09. The predicted octanol–water partition coefficient (Wildman–Crippen LogP) is -3.89. The summed E-state index contributed by atoms with van der Waals surface area (Å²) >= 11 is 0. The van der Waals surface area contributed by atoms with Gasteiger partial charge in [0, 0.05) is 6.42 Å². The van der Waals surface area contributed by atoms with Gasteiger partial charge in [-0.1, -0.05) is 0 Å². The van der Waals surface area contributed by atoms with Crippen molar-refractivity contribution in [2.75, 3.05) is 13.1 Å². The monoisotopic (exact) mass is 601 g/mol. The van der Waals surface area contributed by atoms with Gasteiger partial charge >= 0.3 is 17.9 Å². The average molecular weight is 602 g/mol. The molecule has 1 heterocycles. The van der Waals surface area contributed by atoms with Crippen LogP contribution in [0.15, 0.2) is 0 Å². The summed E-state index contributed by atoms with van der Waals surface area (Å²) in [5, 5.41) is 39.5. The summed E-state index contributed by atoms with van der Waals surface area (Å²) in [5.74, 6) is -9.19. The maximum atomic E-state index is 13.1. The Bertz CT molecular complexity index is 1020. The number of aliphatic carboxylic acids is 3. The summed E-state index contributed by atoms with van der Waals surface area (Å²) in [6.07, 6.45) is -0.811. The molecule has 1 fully saturated rings. The third-order valence-electron chi connectivity index (χ3n) is 6.27. The van der Waals surface area contributed by atoms with Gasteiger partial charge in [-0.3, -0.25) is 33.6 Å². The van der Waals surface area contributed by atoms with Crippen molar-refractivity contribution in [2.24, 2.45) is 11.5 Å². The maximum absolute atomic E-state index is 13.1. The molecule has 1 saturated heterocycles. The lowest BCUT2D eigenvalue weighted by atomic mass is 10.1. The van der Waals surface area contributed by atoms with Gasteiger partial charge in [0.1, 0.15) is 24.2 Å². The molecule has 5 amide bonds. The van der Waals surface area contributed by atoms with Gasteiger partial charge < -0.3 is 53.4 Å². The van der Waals surface area contributed by atoms with Gasteiger partial charge in [-0.05, 0) is 51.6 Å². The summed E-state index contributed by atoms with van der Waals surface area (Å²) in [5.41, 5.74) is 10.6. The van der Waals surface area contributed by atoms with Crippen molar-refractivity contribution in [3.63, 3.8) is 0 Å². The first-order valence-electron chi connectivity index (χ1n) is 13.3. The highest BCUT2D eigenvalue weighted by atomic mass is 16.4. The van der Waals surface area contributed by atoms with Crippen LogP contribution in [-0.4, -0.2) is 106 Å². The molecule has 1 aliphatic rings. The van der Waals surface area contributed by atoms with Gasteiger partial charge in [0.2, 0.25) is 29.5 Å². The maximum Gasteiger partial charge on any atom is 0.326 e. The van der Waals surface area contributed by atoms with Crippen LogP contribution in [0.2, 0.25) is 0 Å². The second-order valence-corrected chi connectivity index (χ2v) is 9.72. The van der Waals surface area contributed by atoms with Crippen LogP contribution < -0.4 is 38.1 Å². The Labute approximate surface area is 240 Å². The number of primary amides is 1. The number of carbonyl (C=O) groups excluding carboxylic acids is 5. The lowest BCUT2D eigenvalue weighted by molar-refractivity contribution is -0.142. The van der Waals surface area contributed by atoms with Crippen LogP contribution in [0, 0.1) is 0 Å². The number of carbonyl (C=O) groups is 8. The largest absolute Gasteiger partial charge is 0.481 e. The molecule has 42 heavy (non-hydrogen) atoms. The minimum atomic E-state index is -1.70. The molecule has 5 atom stereocenters. The zero-order valence-electron chi connectivity index (χ0n) is 22.9. The van der Waals surface area contributed by atoms with Crippen molar-refractivity contribution >= 4 is 47.4 Å². The number of unbranched alkanes of at least 4 members (excludes halogenated alkanes) is 1. The third kappa shape index (κ3) is 13.4. The molecule has 0 radical (unpaired) electrons. The van der Waals surface area contributed by atoms with Crippen LogP contribution in [0.5, 0.6) is 0 Å². The van der Waals surface area contributed by atoms with Gasteiger partial charge in [0.15, 0.2) is 0 Å². The first kappa shape index (κ1) is 35.7. The van der Waals surface area contributed by atoms with Gasteiger partial charge in [-0.25, -0.2) is 4.79 Å². The summed E-state index contributed by atoms with van der Waals surface area (Å²) in [7, 11) is 0. The van der Waals surface area contributed by atoms with Crippen molar-refractivity contribution in [1.29, 1.82) is 0 Å². The minimum Gasteiger partial charge on any atom is -0.481 e. The lowest BCUT2D eigenvalue weighted by Gasteiger charge is -2.25. The lowest BCUT2D eigenvalue weighted by Crippen LogP contribution is -2.59. The Morgan fingerprint density at radius 2 is 1.31 bits per heavy atom. The van der Waals surface area contributed by atoms with E-state index in [2.05, 4.69) is 26.6 Å². The van der Waals surface area contributed by atoms with Crippen LogP contribution in [0.1, 0.15) is 57.8 Å². The summed E-state index contributed by atoms with van der Waals surface area (Å²) in [6.45, 7) is 0.838. The summed E-state index contributed by atoms with van der Waals surface area (Å²) in [4.78, 5) is 97.1.